The van der Waals surface area contributed by atoms with Crippen molar-refractivity contribution in [3.8, 4) is 0 Å². The number of hydrogen-bond acceptors (Lipinski definition) is 3. The molecule has 1 amide bonds. The Morgan fingerprint density at radius 2 is 2.16 bits per heavy atom. The topological polar surface area (TPSA) is 72.2 Å². The summed E-state index contributed by atoms with van der Waals surface area (Å²) in [5, 5.41) is 13.5. The first-order valence-corrected chi connectivity index (χ1v) is 6.60. The molecule has 0 aromatic heterocycles. The number of nitro benzene ring substituents is 1. The average Bonchev–Trinajstić information content (AvgIpc) is 2.38. The van der Waals surface area contributed by atoms with Gasteiger partial charge in [0.2, 0.25) is 0 Å². The average molecular weight is 285 g/mol. The van der Waals surface area contributed by atoms with Crippen LogP contribution in [0.3, 0.4) is 0 Å². The normalized spacial score (nSPS) is 12.2. The summed E-state index contributed by atoms with van der Waals surface area (Å²) in [5.41, 5.74) is 0.195. The van der Waals surface area contributed by atoms with E-state index in [2.05, 4.69) is 5.32 Å². The van der Waals surface area contributed by atoms with E-state index in [0.29, 0.717) is 12.3 Å². The monoisotopic (exact) mass is 284 g/mol. The van der Waals surface area contributed by atoms with Crippen LogP contribution in [0.2, 0.25) is 0 Å². The number of benzene rings is 1. The standard InChI is InChI=1S/C13H17ClN2O3/c1-9(2)12(6-7-14)15-13(17)10-4-3-5-11(8-10)16(18)19/h3-5,8-9,12H,6-7H2,1-2H3,(H,15,17). The summed E-state index contributed by atoms with van der Waals surface area (Å²) in [6.07, 6.45) is 0.667. The van der Waals surface area contributed by atoms with Gasteiger partial charge in [-0.25, -0.2) is 0 Å². The highest BCUT2D eigenvalue weighted by Crippen LogP contribution is 2.14. The number of carbonyl (C=O) groups is 1. The van der Waals surface area contributed by atoms with E-state index in [0.717, 1.165) is 0 Å². The van der Waals surface area contributed by atoms with E-state index >= 15 is 0 Å². The van der Waals surface area contributed by atoms with Crippen molar-refractivity contribution in [1.82, 2.24) is 5.32 Å². The SMILES string of the molecule is CC(C)C(CCCl)NC(=O)c1cccc([N+](=O)[O-])c1. The molecule has 0 radical (unpaired) electrons. The van der Waals surface area contributed by atoms with Crippen LogP contribution in [0.4, 0.5) is 5.69 Å². The molecule has 1 unspecified atom stereocenters. The Kier molecular flexibility index (Phi) is 5.76. The molecule has 0 aliphatic carbocycles. The Morgan fingerprint density at radius 1 is 1.47 bits per heavy atom. The third kappa shape index (κ3) is 4.52. The van der Waals surface area contributed by atoms with Crippen molar-refractivity contribution in [1.29, 1.82) is 0 Å². The lowest BCUT2D eigenvalue weighted by Gasteiger charge is -2.21. The van der Waals surface area contributed by atoms with Crippen molar-refractivity contribution in [2.45, 2.75) is 26.3 Å². The minimum atomic E-state index is -0.518. The fraction of sp³-hybridized carbons (Fsp3) is 0.462. The van der Waals surface area contributed by atoms with E-state index in [1.807, 2.05) is 13.8 Å². The van der Waals surface area contributed by atoms with Gasteiger partial charge in [0.25, 0.3) is 11.6 Å². The second-order valence-corrected chi connectivity index (χ2v) is 4.99. The smallest absolute Gasteiger partial charge is 0.270 e. The molecular weight excluding hydrogens is 268 g/mol. The fourth-order valence-corrected chi connectivity index (χ4v) is 1.94. The molecule has 0 saturated heterocycles. The first-order chi connectivity index (χ1) is 8.95. The molecule has 1 aromatic rings. The molecule has 0 fully saturated rings. The molecule has 5 nitrogen and oxygen atoms in total. The minimum Gasteiger partial charge on any atom is -0.349 e. The Labute approximate surface area is 117 Å². The van der Waals surface area contributed by atoms with Crippen LogP contribution in [-0.4, -0.2) is 22.8 Å². The zero-order valence-electron chi connectivity index (χ0n) is 10.9. The molecule has 1 aromatic carbocycles. The highest BCUT2D eigenvalue weighted by molar-refractivity contribution is 6.17. The number of hydrogen-bond donors (Lipinski definition) is 1. The molecule has 6 heteroatoms. The molecule has 104 valence electrons. The molecule has 19 heavy (non-hydrogen) atoms. The first-order valence-electron chi connectivity index (χ1n) is 6.07. The number of nitro groups is 1. The number of nitrogens with one attached hydrogen (secondary N) is 1. The van der Waals surface area contributed by atoms with Crippen molar-refractivity contribution in [2.75, 3.05) is 5.88 Å². The molecular formula is C13H17ClN2O3. The van der Waals surface area contributed by atoms with Gasteiger partial charge < -0.3 is 5.32 Å². The fourth-order valence-electron chi connectivity index (χ4n) is 1.70. The molecule has 0 spiro atoms. The van der Waals surface area contributed by atoms with Crippen LogP contribution in [0.1, 0.15) is 30.6 Å². The zero-order valence-corrected chi connectivity index (χ0v) is 11.7. The third-order valence-corrected chi connectivity index (χ3v) is 3.08. The van der Waals surface area contributed by atoms with Gasteiger partial charge in [-0.15, -0.1) is 11.6 Å². The summed E-state index contributed by atoms with van der Waals surface area (Å²) in [6, 6.07) is 5.65. The Hall–Kier alpha value is -1.62. The van der Waals surface area contributed by atoms with Crippen LogP contribution in [0.25, 0.3) is 0 Å². The van der Waals surface area contributed by atoms with Crippen LogP contribution in [0, 0.1) is 16.0 Å². The number of non-ortho nitro benzene ring substituents is 1. The lowest BCUT2D eigenvalue weighted by molar-refractivity contribution is -0.384. The van der Waals surface area contributed by atoms with E-state index in [1.54, 1.807) is 6.07 Å². The quantitative estimate of drug-likeness (QED) is 0.496. The maximum absolute atomic E-state index is 12.0. The van der Waals surface area contributed by atoms with Crippen molar-refractivity contribution in [3.63, 3.8) is 0 Å². The van der Waals surface area contributed by atoms with Gasteiger partial charge in [0.05, 0.1) is 4.92 Å². The van der Waals surface area contributed by atoms with Gasteiger partial charge in [0, 0.05) is 29.6 Å². The summed E-state index contributed by atoms with van der Waals surface area (Å²) in [4.78, 5) is 22.2. The number of amides is 1. The number of halogens is 1. The van der Waals surface area contributed by atoms with Gasteiger partial charge >= 0.3 is 0 Å². The van der Waals surface area contributed by atoms with Gasteiger partial charge in [-0.1, -0.05) is 19.9 Å². The summed E-state index contributed by atoms with van der Waals surface area (Å²) < 4.78 is 0. The lowest BCUT2D eigenvalue weighted by Crippen LogP contribution is -2.38. The molecule has 0 saturated carbocycles. The van der Waals surface area contributed by atoms with Gasteiger partial charge in [0.1, 0.15) is 0 Å². The molecule has 0 heterocycles. The van der Waals surface area contributed by atoms with E-state index < -0.39 is 4.92 Å². The zero-order chi connectivity index (χ0) is 14.4. The van der Waals surface area contributed by atoms with Crippen LogP contribution >= 0.6 is 11.6 Å². The minimum absolute atomic E-state index is 0.0377. The Bertz CT molecular complexity index is 463. The summed E-state index contributed by atoms with van der Waals surface area (Å²) >= 11 is 5.70. The van der Waals surface area contributed by atoms with E-state index in [-0.39, 0.29) is 29.1 Å². The number of alkyl halides is 1. The van der Waals surface area contributed by atoms with Gasteiger partial charge in [0.15, 0.2) is 0 Å². The largest absolute Gasteiger partial charge is 0.349 e. The molecule has 0 bridgehead atoms. The Balaban J connectivity index is 2.82. The number of carbonyl (C=O) groups excluding carboxylic acids is 1. The summed E-state index contributed by atoms with van der Waals surface area (Å²) in [6.45, 7) is 3.98. The third-order valence-electron chi connectivity index (χ3n) is 2.86. The van der Waals surface area contributed by atoms with Gasteiger partial charge in [-0.2, -0.15) is 0 Å². The highest BCUT2D eigenvalue weighted by atomic mass is 35.5. The predicted octanol–water partition coefficient (Wildman–Crippen LogP) is 2.98. The Morgan fingerprint density at radius 3 is 2.68 bits per heavy atom. The van der Waals surface area contributed by atoms with E-state index in [1.165, 1.54) is 18.2 Å². The first kappa shape index (κ1) is 15.4. The second kappa shape index (κ2) is 7.09. The van der Waals surface area contributed by atoms with Crippen molar-refractivity contribution in [2.24, 2.45) is 5.92 Å². The molecule has 0 aliphatic rings. The molecule has 1 atom stereocenters. The van der Waals surface area contributed by atoms with Gasteiger partial charge in [-0.3, -0.25) is 14.9 Å². The summed E-state index contributed by atoms with van der Waals surface area (Å²) in [5.74, 6) is 0.395. The van der Waals surface area contributed by atoms with Crippen LogP contribution < -0.4 is 5.32 Å². The molecule has 0 aliphatic heterocycles. The van der Waals surface area contributed by atoms with Crippen molar-refractivity contribution < 1.29 is 9.72 Å². The van der Waals surface area contributed by atoms with E-state index in [4.69, 9.17) is 11.6 Å². The second-order valence-electron chi connectivity index (χ2n) is 4.61. The number of rotatable bonds is 6. The predicted molar refractivity (Wildman–Crippen MR) is 74.5 cm³/mol. The molecule has 1 N–H and O–H groups in total. The highest BCUT2D eigenvalue weighted by Gasteiger charge is 2.18. The van der Waals surface area contributed by atoms with Crippen LogP contribution in [-0.2, 0) is 0 Å². The van der Waals surface area contributed by atoms with Gasteiger partial charge in [-0.05, 0) is 18.4 Å². The lowest BCUT2D eigenvalue weighted by atomic mass is 10.0. The van der Waals surface area contributed by atoms with Crippen molar-refractivity contribution >= 4 is 23.2 Å². The molecule has 1 rings (SSSR count). The number of nitrogens with zero attached hydrogens (tertiary/aromatic N) is 1. The van der Waals surface area contributed by atoms with E-state index in [9.17, 15) is 14.9 Å². The van der Waals surface area contributed by atoms with Crippen LogP contribution in [0.15, 0.2) is 24.3 Å². The maximum atomic E-state index is 12.0. The summed E-state index contributed by atoms with van der Waals surface area (Å²) in [7, 11) is 0. The van der Waals surface area contributed by atoms with Crippen molar-refractivity contribution in [3.05, 3.63) is 39.9 Å². The van der Waals surface area contributed by atoms with Crippen LogP contribution in [0.5, 0.6) is 0 Å². The maximum Gasteiger partial charge on any atom is 0.270 e.